The van der Waals surface area contributed by atoms with Gasteiger partial charge in [-0.1, -0.05) is 12.2 Å². The van der Waals surface area contributed by atoms with E-state index in [1.165, 1.54) is 25.7 Å². The second-order valence-electron chi connectivity index (χ2n) is 5.62. The molecule has 2 aliphatic carbocycles. The molecular formula is C15H20N2OS. The molecule has 0 bridgehead atoms. The lowest BCUT2D eigenvalue weighted by atomic mass is 10.1. The van der Waals surface area contributed by atoms with Crippen LogP contribution in [0.2, 0.25) is 0 Å². The first-order valence-corrected chi connectivity index (χ1v) is 7.34. The zero-order chi connectivity index (χ0) is 13.4. The van der Waals surface area contributed by atoms with Gasteiger partial charge in [0.25, 0.3) is 0 Å². The molecule has 2 saturated carbocycles. The van der Waals surface area contributed by atoms with E-state index in [-0.39, 0.29) is 0 Å². The SMILES string of the molecule is COc1ccc(C(N)=S)c(NC(C2CC2)C2CC2)c1. The highest BCUT2D eigenvalue weighted by Crippen LogP contribution is 2.46. The number of methoxy groups -OCH3 is 1. The topological polar surface area (TPSA) is 47.3 Å². The van der Waals surface area contributed by atoms with Crippen molar-refractivity contribution in [2.75, 3.05) is 12.4 Å². The van der Waals surface area contributed by atoms with E-state index >= 15 is 0 Å². The van der Waals surface area contributed by atoms with Crippen LogP contribution < -0.4 is 15.8 Å². The van der Waals surface area contributed by atoms with Crippen molar-refractivity contribution in [2.24, 2.45) is 17.6 Å². The Morgan fingerprint density at radius 1 is 1.32 bits per heavy atom. The van der Waals surface area contributed by atoms with Crippen molar-refractivity contribution in [1.82, 2.24) is 0 Å². The Morgan fingerprint density at radius 2 is 1.95 bits per heavy atom. The first-order chi connectivity index (χ1) is 9.19. The molecule has 3 nitrogen and oxygen atoms in total. The first-order valence-electron chi connectivity index (χ1n) is 6.93. The average molecular weight is 276 g/mol. The van der Waals surface area contributed by atoms with Crippen molar-refractivity contribution < 1.29 is 4.74 Å². The number of benzene rings is 1. The average Bonchev–Trinajstić information content (AvgIpc) is 3.28. The molecule has 1 aromatic rings. The van der Waals surface area contributed by atoms with Gasteiger partial charge >= 0.3 is 0 Å². The van der Waals surface area contributed by atoms with Gasteiger partial charge in [0.05, 0.1) is 7.11 Å². The molecule has 0 atom stereocenters. The van der Waals surface area contributed by atoms with Crippen molar-refractivity contribution in [2.45, 2.75) is 31.7 Å². The minimum absolute atomic E-state index is 0.440. The van der Waals surface area contributed by atoms with Crippen LogP contribution in [0.15, 0.2) is 18.2 Å². The largest absolute Gasteiger partial charge is 0.497 e. The van der Waals surface area contributed by atoms with Crippen molar-refractivity contribution in [3.63, 3.8) is 0 Å². The zero-order valence-corrected chi connectivity index (χ0v) is 12.0. The molecule has 3 rings (SSSR count). The van der Waals surface area contributed by atoms with Crippen LogP contribution in [0.25, 0.3) is 0 Å². The molecule has 102 valence electrons. The lowest BCUT2D eigenvalue weighted by Gasteiger charge is -2.21. The van der Waals surface area contributed by atoms with Crippen LogP contribution >= 0.6 is 12.2 Å². The van der Waals surface area contributed by atoms with E-state index in [1.54, 1.807) is 7.11 Å². The summed E-state index contributed by atoms with van der Waals surface area (Å²) in [5.41, 5.74) is 7.76. The number of rotatable bonds is 6. The molecule has 2 fully saturated rings. The molecule has 0 unspecified atom stereocenters. The van der Waals surface area contributed by atoms with Crippen LogP contribution in [0.5, 0.6) is 5.75 Å². The maximum absolute atomic E-state index is 5.82. The third-order valence-corrected chi connectivity index (χ3v) is 4.29. The molecular weight excluding hydrogens is 256 g/mol. The maximum atomic E-state index is 5.82. The molecule has 0 spiro atoms. The summed E-state index contributed by atoms with van der Waals surface area (Å²) in [7, 11) is 1.68. The summed E-state index contributed by atoms with van der Waals surface area (Å²) in [4.78, 5) is 0.440. The van der Waals surface area contributed by atoms with Crippen LogP contribution in [0.3, 0.4) is 0 Å². The fraction of sp³-hybridized carbons (Fsp3) is 0.533. The Labute approximate surface area is 119 Å². The molecule has 4 heteroatoms. The molecule has 0 radical (unpaired) electrons. The predicted octanol–water partition coefficient (Wildman–Crippen LogP) is 2.93. The Morgan fingerprint density at radius 3 is 2.42 bits per heavy atom. The quantitative estimate of drug-likeness (QED) is 0.784. The summed E-state index contributed by atoms with van der Waals surface area (Å²) in [6.45, 7) is 0. The van der Waals surface area contributed by atoms with E-state index in [0.29, 0.717) is 11.0 Å². The molecule has 1 aromatic carbocycles. The fourth-order valence-electron chi connectivity index (χ4n) is 2.70. The molecule has 3 N–H and O–H groups in total. The molecule has 0 amide bonds. The molecule has 0 aromatic heterocycles. The highest BCUT2D eigenvalue weighted by molar-refractivity contribution is 7.80. The van der Waals surface area contributed by atoms with Gasteiger partial charge in [0.2, 0.25) is 0 Å². The number of thiocarbonyl (C=S) groups is 1. The highest BCUT2D eigenvalue weighted by atomic mass is 32.1. The van der Waals surface area contributed by atoms with Crippen LogP contribution in [-0.4, -0.2) is 18.1 Å². The third kappa shape index (κ3) is 2.84. The van der Waals surface area contributed by atoms with Crippen molar-refractivity contribution in [1.29, 1.82) is 0 Å². The maximum Gasteiger partial charge on any atom is 0.120 e. The van der Waals surface area contributed by atoms with Crippen LogP contribution in [0, 0.1) is 11.8 Å². The summed E-state index contributed by atoms with van der Waals surface area (Å²) in [5, 5.41) is 3.68. The summed E-state index contributed by atoms with van der Waals surface area (Å²) in [6.07, 6.45) is 5.39. The zero-order valence-electron chi connectivity index (χ0n) is 11.2. The van der Waals surface area contributed by atoms with Crippen molar-refractivity contribution >= 4 is 22.9 Å². The third-order valence-electron chi connectivity index (χ3n) is 4.07. The Hall–Kier alpha value is -1.29. The summed E-state index contributed by atoms with van der Waals surface area (Å²) in [5.74, 6) is 2.50. The lowest BCUT2D eigenvalue weighted by molar-refractivity contribution is 0.415. The van der Waals surface area contributed by atoms with E-state index in [1.807, 2.05) is 18.2 Å². The van der Waals surface area contributed by atoms with Crippen LogP contribution in [0.1, 0.15) is 31.2 Å². The van der Waals surface area contributed by atoms with E-state index in [4.69, 9.17) is 22.7 Å². The number of hydrogen-bond acceptors (Lipinski definition) is 3. The van der Waals surface area contributed by atoms with Crippen LogP contribution in [0.4, 0.5) is 5.69 Å². The Bertz CT molecular complexity index is 483. The Kier molecular flexibility index (Phi) is 3.35. The monoisotopic (exact) mass is 276 g/mol. The van der Waals surface area contributed by atoms with Gasteiger partial charge in [-0.05, 0) is 49.7 Å². The molecule has 2 aliphatic rings. The van der Waals surface area contributed by atoms with Gasteiger partial charge in [-0.25, -0.2) is 0 Å². The highest BCUT2D eigenvalue weighted by Gasteiger charge is 2.41. The molecule has 0 heterocycles. The summed E-state index contributed by atoms with van der Waals surface area (Å²) >= 11 is 5.14. The summed E-state index contributed by atoms with van der Waals surface area (Å²) in [6, 6.07) is 6.44. The van der Waals surface area contributed by atoms with Crippen molar-refractivity contribution in [3.05, 3.63) is 23.8 Å². The van der Waals surface area contributed by atoms with E-state index in [2.05, 4.69) is 5.32 Å². The summed E-state index contributed by atoms with van der Waals surface area (Å²) < 4.78 is 5.30. The van der Waals surface area contributed by atoms with Gasteiger partial charge < -0.3 is 15.8 Å². The van der Waals surface area contributed by atoms with Crippen LogP contribution in [-0.2, 0) is 0 Å². The van der Waals surface area contributed by atoms with Gasteiger partial charge in [0.1, 0.15) is 10.7 Å². The van der Waals surface area contributed by atoms with Gasteiger partial charge in [0.15, 0.2) is 0 Å². The first kappa shape index (κ1) is 12.7. The van der Waals surface area contributed by atoms with E-state index in [0.717, 1.165) is 28.8 Å². The number of hydrogen-bond donors (Lipinski definition) is 2. The number of nitrogens with one attached hydrogen (secondary N) is 1. The predicted molar refractivity (Wildman–Crippen MR) is 81.7 cm³/mol. The Balaban J connectivity index is 1.86. The van der Waals surface area contributed by atoms with Gasteiger partial charge in [-0.15, -0.1) is 0 Å². The van der Waals surface area contributed by atoms with Gasteiger partial charge in [0, 0.05) is 23.4 Å². The standard InChI is InChI=1S/C15H20N2OS/c1-18-11-6-7-12(15(16)19)13(8-11)17-14(9-2-3-9)10-4-5-10/h6-10,14,17H,2-5H2,1H3,(H2,16,19). The van der Waals surface area contributed by atoms with E-state index < -0.39 is 0 Å². The number of anilines is 1. The van der Waals surface area contributed by atoms with E-state index in [9.17, 15) is 0 Å². The number of nitrogens with two attached hydrogens (primary N) is 1. The van der Waals surface area contributed by atoms with Gasteiger partial charge in [-0.2, -0.15) is 0 Å². The second kappa shape index (κ2) is 5.00. The molecule has 0 aliphatic heterocycles. The minimum Gasteiger partial charge on any atom is -0.497 e. The minimum atomic E-state index is 0.440. The lowest BCUT2D eigenvalue weighted by Crippen LogP contribution is -2.26. The normalized spacial score (nSPS) is 18.4. The fourth-order valence-corrected chi connectivity index (χ4v) is 2.87. The molecule has 19 heavy (non-hydrogen) atoms. The van der Waals surface area contributed by atoms with Crippen molar-refractivity contribution in [3.8, 4) is 5.75 Å². The molecule has 0 saturated heterocycles. The number of ether oxygens (including phenoxy) is 1. The van der Waals surface area contributed by atoms with Gasteiger partial charge in [-0.3, -0.25) is 0 Å². The smallest absolute Gasteiger partial charge is 0.120 e. The second-order valence-corrected chi connectivity index (χ2v) is 6.06.